The van der Waals surface area contributed by atoms with Crippen molar-refractivity contribution < 1.29 is 23.1 Å². The second kappa shape index (κ2) is 8.86. The molecule has 1 aromatic rings. The van der Waals surface area contributed by atoms with Gasteiger partial charge in [0.1, 0.15) is 0 Å². The minimum atomic E-state index is -3.33. The summed E-state index contributed by atoms with van der Waals surface area (Å²) >= 11 is 0. The maximum absolute atomic E-state index is 13.6. The zero-order chi connectivity index (χ0) is 28.1. The summed E-state index contributed by atoms with van der Waals surface area (Å²) in [5.74, 6) is 0.920. The smallest absolute Gasteiger partial charge is 0.361 e. The third-order valence-corrected chi connectivity index (χ3v) is 13.7. The van der Waals surface area contributed by atoms with E-state index < -0.39 is 7.60 Å². The average molecular weight is 563 g/mol. The largest absolute Gasteiger partial charge is 0.370 e. The van der Waals surface area contributed by atoms with Crippen LogP contribution in [0.3, 0.4) is 0 Å². The molecular weight excluding hydrogens is 519 g/mol. The van der Waals surface area contributed by atoms with E-state index in [1.54, 1.807) is 5.57 Å². The number of hydrogen-bond acceptors (Lipinski definition) is 5. The Hall–Kier alpha value is -1.78. The molecule has 214 valence electrons. The highest BCUT2D eigenvalue weighted by Gasteiger charge is 2.71. The number of rotatable bonds is 2. The van der Waals surface area contributed by atoms with Crippen molar-refractivity contribution in [3.63, 3.8) is 0 Å². The molecule has 0 amide bonds. The fourth-order valence-electron chi connectivity index (χ4n) is 9.40. The molecule has 1 aromatic carbocycles. The molecule has 1 spiro atoms. The summed E-state index contributed by atoms with van der Waals surface area (Å²) in [6.45, 7) is 15.3. The summed E-state index contributed by atoms with van der Waals surface area (Å²) in [5, 5.41) is 0.630. The van der Waals surface area contributed by atoms with Crippen molar-refractivity contribution in [2.45, 2.75) is 90.6 Å². The van der Waals surface area contributed by atoms with Gasteiger partial charge in [0, 0.05) is 23.2 Å². The Morgan fingerprint density at radius 2 is 1.68 bits per heavy atom. The minimum Gasteiger partial charge on any atom is -0.370 e. The third-order valence-electron chi connectivity index (χ3n) is 11.9. The lowest BCUT2D eigenvalue weighted by atomic mass is 9.44. The van der Waals surface area contributed by atoms with Crippen molar-refractivity contribution in [2.24, 2.45) is 22.2 Å². The monoisotopic (exact) mass is 562 g/mol. The zero-order valence-corrected chi connectivity index (χ0v) is 25.4. The van der Waals surface area contributed by atoms with Crippen LogP contribution >= 0.6 is 7.60 Å². The van der Waals surface area contributed by atoms with Gasteiger partial charge in [0.25, 0.3) is 0 Å². The predicted octanol–water partition coefficient (Wildman–Crippen LogP) is 7.58. The van der Waals surface area contributed by atoms with Crippen LogP contribution < -0.4 is 5.30 Å². The van der Waals surface area contributed by atoms with Crippen molar-refractivity contribution in [1.29, 1.82) is 0 Å². The standard InChI is InChI=1S/C34H43O5P/c1-22-14-17-37-34(22)16-15-32(4)29-13-8-24-18-25(35)9-12-27(24)30(29)28(19-33(32,34)5)23-6-10-26(11-7-23)40(36)38-20-31(2,3)21-39-40/h6-7,10-11,18,28-29H,1,8-9,12-17,19-21H2,2-5H3/t28-,29-,32+,33+,34-/m1/s1. The zero-order valence-electron chi connectivity index (χ0n) is 24.5. The van der Waals surface area contributed by atoms with Gasteiger partial charge < -0.3 is 13.8 Å². The van der Waals surface area contributed by atoms with Gasteiger partial charge in [0.05, 0.1) is 30.7 Å². The maximum Gasteiger partial charge on any atom is 0.361 e. The lowest BCUT2D eigenvalue weighted by Gasteiger charge is -2.60. The quantitative estimate of drug-likeness (QED) is 0.275. The molecule has 2 saturated heterocycles. The molecule has 6 aliphatic rings. The molecule has 2 heterocycles. The first kappa shape index (κ1) is 27.1. The van der Waals surface area contributed by atoms with Crippen LogP contribution in [0.1, 0.15) is 90.5 Å². The van der Waals surface area contributed by atoms with E-state index in [2.05, 4.69) is 46.4 Å². The highest BCUT2D eigenvalue weighted by Crippen LogP contribution is 2.75. The van der Waals surface area contributed by atoms with Crippen molar-refractivity contribution in [1.82, 2.24) is 0 Å². The van der Waals surface area contributed by atoms with Gasteiger partial charge in [-0.15, -0.1) is 0 Å². The molecule has 0 radical (unpaired) electrons. The number of hydrogen-bond donors (Lipinski definition) is 0. The number of benzene rings is 1. The molecule has 40 heavy (non-hydrogen) atoms. The van der Waals surface area contributed by atoms with E-state index >= 15 is 0 Å². The van der Waals surface area contributed by atoms with Gasteiger partial charge in [-0.1, -0.05) is 52.0 Å². The van der Waals surface area contributed by atoms with E-state index in [0.29, 0.717) is 30.9 Å². The van der Waals surface area contributed by atoms with E-state index in [1.165, 1.54) is 22.3 Å². The fraction of sp³-hybridized carbons (Fsp3) is 0.618. The first-order valence-corrected chi connectivity index (χ1v) is 16.7. The molecule has 5 nitrogen and oxygen atoms in total. The van der Waals surface area contributed by atoms with Crippen LogP contribution in [0, 0.1) is 22.2 Å². The highest BCUT2D eigenvalue weighted by molar-refractivity contribution is 7.62. The summed E-state index contributed by atoms with van der Waals surface area (Å²) in [4.78, 5) is 12.4. The minimum absolute atomic E-state index is 0.0503. The summed E-state index contributed by atoms with van der Waals surface area (Å²) in [7, 11) is -3.33. The Bertz CT molecular complexity index is 1390. The molecule has 4 fully saturated rings. The van der Waals surface area contributed by atoms with Gasteiger partial charge in [-0.05, 0) is 96.8 Å². The van der Waals surface area contributed by atoms with E-state index in [4.69, 9.17) is 13.8 Å². The second-order valence-corrected chi connectivity index (χ2v) is 16.5. The Morgan fingerprint density at radius 1 is 0.950 bits per heavy atom. The number of carbonyl (C=O) groups is 1. The highest BCUT2D eigenvalue weighted by atomic mass is 31.2. The maximum atomic E-state index is 13.6. The molecule has 5 atom stereocenters. The normalized spacial score (nSPS) is 40.0. The summed E-state index contributed by atoms with van der Waals surface area (Å²) in [6.07, 6.45) is 9.55. The first-order chi connectivity index (χ1) is 18.9. The fourth-order valence-corrected chi connectivity index (χ4v) is 11.3. The molecule has 6 heteroatoms. The molecular formula is C34H43O5P. The summed E-state index contributed by atoms with van der Waals surface area (Å²) in [6, 6.07) is 8.23. The van der Waals surface area contributed by atoms with Crippen molar-refractivity contribution >= 4 is 18.7 Å². The van der Waals surface area contributed by atoms with Gasteiger partial charge in [-0.2, -0.15) is 0 Å². The number of allylic oxidation sites excluding steroid dienone is 4. The molecule has 0 bridgehead atoms. The van der Waals surface area contributed by atoms with Gasteiger partial charge in [-0.3, -0.25) is 9.36 Å². The lowest BCUT2D eigenvalue weighted by molar-refractivity contribution is -0.121. The molecule has 0 unspecified atom stereocenters. The van der Waals surface area contributed by atoms with Gasteiger partial charge >= 0.3 is 7.60 Å². The first-order valence-electron chi connectivity index (χ1n) is 15.2. The SMILES string of the molecule is C=C1CCO[C@]12CC[C@@]1(C)[C@@H]3CCC4=CC(=O)CCC4=C3[C@@H](c3ccc(P4(=O)OCC(C)(C)CO4)cc3)C[C@@]12C. The molecule has 4 aliphatic carbocycles. The molecule has 0 aromatic heterocycles. The second-order valence-electron chi connectivity index (χ2n) is 14.5. The Labute approximate surface area is 239 Å². The van der Waals surface area contributed by atoms with Crippen LogP contribution in [0.15, 0.2) is 59.2 Å². The summed E-state index contributed by atoms with van der Waals surface area (Å²) in [5.41, 5.74) is 6.42. The molecule has 7 rings (SSSR count). The van der Waals surface area contributed by atoms with E-state index in [-0.39, 0.29) is 33.5 Å². The Morgan fingerprint density at radius 3 is 2.35 bits per heavy atom. The Balaban J connectivity index is 1.33. The van der Waals surface area contributed by atoms with Crippen LogP contribution in [0.2, 0.25) is 0 Å². The molecule has 0 N–H and O–H groups in total. The summed E-state index contributed by atoms with van der Waals surface area (Å²) < 4.78 is 32.0. The third kappa shape index (κ3) is 3.63. The topological polar surface area (TPSA) is 61.8 Å². The van der Waals surface area contributed by atoms with Crippen LogP contribution in [0.4, 0.5) is 0 Å². The van der Waals surface area contributed by atoms with Gasteiger partial charge in [-0.25, -0.2) is 0 Å². The number of carbonyl (C=O) groups excluding carboxylic acids is 1. The van der Waals surface area contributed by atoms with E-state index in [0.717, 1.165) is 51.6 Å². The number of fused-ring (bicyclic) bond motifs is 5. The van der Waals surface area contributed by atoms with Crippen molar-refractivity contribution in [3.8, 4) is 0 Å². The van der Waals surface area contributed by atoms with Crippen LogP contribution in [0.25, 0.3) is 0 Å². The van der Waals surface area contributed by atoms with Crippen molar-refractivity contribution in [2.75, 3.05) is 19.8 Å². The van der Waals surface area contributed by atoms with Crippen molar-refractivity contribution in [3.05, 3.63) is 64.8 Å². The van der Waals surface area contributed by atoms with Crippen LogP contribution in [0.5, 0.6) is 0 Å². The predicted molar refractivity (Wildman–Crippen MR) is 157 cm³/mol. The Kier molecular flexibility index (Phi) is 6.00. The lowest BCUT2D eigenvalue weighted by Crippen LogP contribution is -2.56. The molecule has 2 aliphatic heterocycles. The van der Waals surface area contributed by atoms with Gasteiger partial charge in [0.15, 0.2) is 5.78 Å². The van der Waals surface area contributed by atoms with Gasteiger partial charge in [0.2, 0.25) is 0 Å². The molecule has 2 saturated carbocycles. The van der Waals surface area contributed by atoms with Crippen LogP contribution in [-0.4, -0.2) is 31.2 Å². The van der Waals surface area contributed by atoms with E-state index in [9.17, 15) is 9.36 Å². The average Bonchev–Trinajstić information content (AvgIpc) is 3.43. The number of ketones is 1. The van der Waals surface area contributed by atoms with E-state index in [1.807, 2.05) is 18.2 Å². The van der Waals surface area contributed by atoms with Crippen LogP contribution in [-0.2, 0) is 23.1 Å². The number of ether oxygens (including phenoxy) is 1.